The second kappa shape index (κ2) is 11.1. The summed E-state index contributed by atoms with van der Waals surface area (Å²) in [6.07, 6.45) is 2.21. The Hall–Kier alpha value is -1.65. The molecule has 0 radical (unpaired) electrons. The highest BCUT2D eigenvalue weighted by molar-refractivity contribution is 14.0. The Morgan fingerprint density at radius 3 is 2.65 bits per heavy atom. The van der Waals surface area contributed by atoms with Gasteiger partial charge in [-0.05, 0) is 19.3 Å². The van der Waals surface area contributed by atoms with E-state index in [1.807, 2.05) is 24.6 Å². The average Bonchev–Trinajstić information content (AvgIpc) is 3.18. The molecular formula is C17H30IN7O. The first-order valence-corrected chi connectivity index (χ1v) is 8.83. The molecule has 26 heavy (non-hydrogen) atoms. The van der Waals surface area contributed by atoms with Crippen LogP contribution in [0.1, 0.15) is 62.6 Å². The van der Waals surface area contributed by atoms with Crippen LogP contribution in [0, 0.1) is 6.92 Å². The Balaban J connectivity index is 0.00000338. The highest BCUT2D eigenvalue weighted by Gasteiger charge is 2.09. The Bertz CT molecular complexity index is 693. The molecule has 0 spiro atoms. The SMILES string of the molecule is CCCCNC(=NCc1nnc(C)n1C)NCc1cc(C(C)C)no1.I. The highest BCUT2D eigenvalue weighted by atomic mass is 127. The maximum atomic E-state index is 5.37. The topological polar surface area (TPSA) is 93.2 Å². The van der Waals surface area contributed by atoms with E-state index in [-0.39, 0.29) is 24.0 Å². The predicted molar refractivity (Wildman–Crippen MR) is 113 cm³/mol. The van der Waals surface area contributed by atoms with Crippen LogP contribution in [0.2, 0.25) is 0 Å². The molecule has 0 amide bonds. The van der Waals surface area contributed by atoms with E-state index in [9.17, 15) is 0 Å². The zero-order valence-electron chi connectivity index (χ0n) is 16.2. The van der Waals surface area contributed by atoms with Crippen LogP contribution >= 0.6 is 24.0 Å². The third-order valence-corrected chi connectivity index (χ3v) is 3.98. The van der Waals surface area contributed by atoms with E-state index in [4.69, 9.17) is 4.52 Å². The molecule has 0 fully saturated rings. The van der Waals surface area contributed by atoms with Crippen molar-refractivity contribution in [3.63, 3.8) is 0 Å². The van der Waals surface area contributed by atoms with Crippen LogP contribution in [0.3, 0.4) is 0 Å². The van der Waals surface area contributed by atoms with Crippen molar-refractivity contribution >= 4 is 29.9 Å². The Morgan fingerprint density at radius 2 is 2.08 bits per heavy atom. The number of aliphatic imine (C=N–C) groups is 1. The summed E-state index contributed by atoms with van der Waals surface area (Å²) in [5, 5.41) is 18.9. The van der Waals surface area contributed by atoms with Crippen LogP contribution in [0.15, 0.2) is 15.6 Å². The summed E-state index contributed by atoms with van der Waals surface area (Å²) in [6.45, 7) is 10.1. The lowest BCUT2D eigenvalue weighted by atomic mass is 10.1. The first-order valence-electron chi connectivity index (χ1n) is 8.83. The van der Waals surface area contributed by atoms with Gasteiger partial charge >= 0.3 is 0 Å². The molecule has 0 aromatic carbocycles. The standard InChI is InChI=1S/C17H29N7O.HI/c1-6-7-8-18-17(20-11-16-22-21-13(4)24(16)5)19-10-14-9-15(12(2)3)23-25-14;/h9,12H,6-8,10-11H2,1-5H3,(H2,18,19,20);1H. The van der Waals surface area contributed by atoms with E-state index < -0.39 is 0 Å². The number of halogens is 1. The van der Waals surface area contributed by atoms with Crippen LogP contribution in [0.4, 0.5) is 0 Å². The Kier molecular flexibility index (Phi) is 9.60. The maximum absolute atomic E-state index is 5.37. The van der Waals surface area contributed by atoms with Gasteiger partial charge in [-0.1, -0.05) is 32.3 Å². The molecule has 0 aliphatic carbocycles. The Labute approximate surface area is 172 Å². The average molecular weight is 475 g/mol. The lowest BCUT2D eigenvalue weighted by Gasteiger charge is -2.11. The summed E-state index contributed by atoms with van der Waals surface area (Å²) >= 11 is 0. The molecule has 2 N–H and O–H groups in total. The van der Waals surface area contributed by atoms with Gasteiger partial charge in [0.15, 0.2) is 17.5 Å². The molecule has 0 unspecified atom stereocenters. The number of unbranched alkanes of at least 4 members (excludes halogenated alkanes) is 1. The van der Waals surface area contributed by atoms with E-state index in [1.54, 1.807) is 0 Å². The first kappa shape index (κ1) is 22.4. The van der Waals surface area contributed by atoms with Crippen molar-refractivity contribution in [1.82, 2.24) is 30.6 Å². The molecule has 2 heterocycles. The number of aromatic nitrogens is 4. The summed E-state index contributed by atoms with van der Waals surface area (Å²) in [4.78, 5) is 4.61. The molecule has 0 atom stereocenters. The van der Waals surface area contributed by atoms with Crippen LogP contribution in [0.25, 0.3) is 0 Å². The van der Waals surface area contributed by atoms with Crippen LogP contribution in [0.5, 0.6) is 0 Å². The second-order valence-electron chi connectivity index (χ2n) is 6.39. The van der Waals surface area contributed by atoms with Gasteiger partial charge in [-0.3, -0.25) is 0 Å². The monoisotopic (exact) mass is 475 g/mol. The van der Waals surface area contributed by atoms with Gasteiger partial charge in [0.2, 0.25) is 0 Å². The fourth-order valence-electron chi connectivity index (χ4n) is 2.15. The van der Waals surface area contributed by atoms with Gasteiger partial charge in [0.05, 0.1) is 12.2 Å². The number of hydrogen-bond acceptors (Lipinski definition) is 5. The number of nitrogens with zero attached hydrogens (tertiary/aromatic N) is 5. The largest absolute Gasteiger partial charge is 0.359 e. The summed E-state index contributed by atoms with van der Waals surface area (Å²) in [7, 11) is 1.94. The van der Waals surface area contributed by atoms with Crippen LogP contribution in [-0.4, -0.2) is 32.4 Å². The normalized spacial score (nSPS) is 11.5. The minimum atomic E-state index is 0. The van der Waals surface area contributed by atoms with Gasteiger partial charge in [-0.15, -0.1) is 34.2 Å². The molecule has 0 bridgehead atoms. The van der Waals surface area contributed by atoms with Crippen molar-refractivity contribution in [1.29, 1.82) is 0 Å². The van der Waals surface area contributed by atoms with Crippen molar-refractivity contribution in [2.24, 2.45) is 12.0 Å². The number of aryl methyl sites for hydroxylation is 1. The van der Waals surface area contributed by atoms with Crippen LogP contribution < -0.4 is 10.6 Å². The van der Waals surface area contributed by atoms with E-state index in [0.717, 1.165) is 48.4 Å². The molecule has 146 valence electrons. The minimum Gasteiger partial charge on any atom is -0.359 e. The summed E-state index contributed by atoms with van der Waals surface area (Å²) < 4.78 is 7.31. The molecule has 2 aromatic rings. The molecule has 2 aromatic heterocycles. The van der Waals surface area contributed by atoms with E-state index in [2.05, 4.69) is 51.8 Å². The van der Waals surface area contributed by atoms with Gasteiger partial charge in [-0.25, -0.2) is 4.99 Å². The highest BCUT2D eigenvalue weighted by Crippen LogP contribution is 2.13. The summed E-state index contributed by atoms with van der Waals surface area (Å²) in [5.41, 5.74) is 0.962. The van der Waals surface area contributed by atoms with Crippen LogP contribution in [-0.2, 0) is 20.1 Å². The lowest BCUT2D eigenvalue weighted by molar-refractivity contribution is 0.372. The molecule has 0 saturated heterocycles. The number of hydrogen-bond donors (Lipinski definition) is 2. The fraction of sp³-hybridized carbons (Fsp3) is 0.647. The number of nitrogens with one attached hydrogen (secondary N) is 2. The zero-order chi connectivity index (χ0) is 18.2. The van der Waals surface area contributed by atoms with Gasteiger partial charge in [0, 0.05) is 19.7 Å². The maximum Gasteiger partial charge on any atom is 0.192 e. The molecular weight excluding hydrogens is 445 g/mol. The number of rotatable bonds is 8. The zero-order valence-corrected chi connectivity index (χ0v) is 18.6. The van der Waals surface area contributed by atoms with Crippen molar-refractivity contribution < 1.29 is 4.52 Å². The van der Waals surface area contributed by atoms with Gasteiger partial charge in [0.1, 0.15) is 12.4 Å². The number of guanidine groups is 1. The molecule has 0 aliphatic rings. The van der Waals surface area contributed by atoms with Gasteiger partial charge in [0.25, 0.3) is 0 Å². The quantitative estimate of drug-likeness (QED) is 0.264. The van der Waals surface area contributed by atoms with Crippen molar-refractivity contribution in [2.75, 3.05) is 6.54 Å². The summed E-state index contributed by atoms with van der Waals surface area (Å²) in [6, 6.07) is 1.98. The summed E-state index contributed by atoms with van der Waals surface area (Å²) in [5.74, 6) is 3.59. The van der Waals surface area contributed by atoms with E-state index in [1.165, 1.54) is 0 Å². The van der Waals surface area contributed by atoms with Crippen molar-refractivity contribution in [2.45, 2.75) is 59.5 Å². The minimum absolute atomic E-state index is 0. The van der Waals surface area contributed by atoms with E-state index in [0.29, 0.717) is 19.0 Å². The van der Waals surface area contributed by atoms with E-state index >= 15 is 0 Å². The van der Waals surface area contributed by atoms with Crippen molar-refractivity contribution in [3.8, 4) is 0 Å². The van der Waals surface area contributed by atoms with Gasteiger partial charge < -0.3 is 19.7 Å². The molecule has 0 saturated carbocycles. The van der Waals surface area contributed by atoms with Gasteiger partial charge in [-0.2, -0.15) is 0 Å². The Morgan fingerprint density at radius 1 is 1.31 bits per heavy atom. The third-order valence-electron chi connectivity index (χ3n) is 3.98. The second-order valence-corrected chi connectivity index (χ2v) is 6.39. The molecule has 8 nitrogen and oxygen atoms in total. The molecule has 9 heteroatoms. The predicted octanol–water partition coefficient (Wildman–Crippen LogP) is 2.89. The third kappa shape index (κ3) is 6.58. The van der Waals surface area contributed by atoms with Crippen molar-refractivity contribution in [3.05, 3.63) is 29.2 Å². The fourth-order valence-corrected chi connectivity index (χ4v) is 2.15. The lowest BCUT2D eigenvalue weighted by Crippen LogP contribution is -2.37. The first-order chi connectivity index (χ1) is 12.0. The smallest absolute Gasteiger partial charge is 0.192 e. The molecule has 2 rings (SSSR count). The molecule has 0 aliphatic heterocycles.